The van der Waals surface area contributed by atoms with Gasteiger partial charge in [0.25, 0.3) is 0 Å². The van der Waals surface area contributed by atoms with Crippen LogP contribution < -0.4 is 10.6 Å². The van der Waals surface area contributed by atoms with Crippen molar-refractivity contribution in [3.63, 3.8) is 0 Å². The van der Waals surface area contributed by atoms with E-state index in [0.717, 1.165) is 38.6 Å². The monoisotopic (exact) mass is 331 g/mol. The number of likely N-dealkylation sites (N-methyl/N-ethyl adjacent to an activating group) is 1. The van der Waals surface area contributed by atoms with Crippen molar-refractivity contribution in [1.82, 2.24) is 20.4 Å². The minimum absolute atomic E-state index is 0.854. The molecule has 0 amide bonds. The predicted molar refractivity (Wildman–Crippen MR) is 103 cm³/mol. The highest BCUT2D eigenvalue weighted by molar-refractivity contribution is 5.79. The van der Waals surface area contributed by atoms with Gasteiger partial charge in [-0.25, -0.2) is 0 Å². The van der Waals surface area contributed by atoms with Gasteiger partial charge in [0.05, 0.1) is 6.54 Å². The second kappa shape index (κ2) is 11.0. The molecule has 0 aliphatic carbocycles. The average molecular weight is 332 g/mol. The van der Waals surface area contributed by atoms with Gasteiger partial charge in [-0.1, -0.05) is 37.3 Å². The highest BCUT2D eigenvalue weighted by Gasteiger charge is 2.14. The molecular weight excluding hydrogens is 298 g/mol. The van der Waals surface area contributed by atoms with E-state index in [-0.39, 0.29) is 0 Å². The molecule has 1 fully saturated rings. The molecule has 2 rings (SSSR count). The van der Waals surface area contributed by atoms with Crippen LogP contribution in [0.25, 0.3) is 0 Å². The van der Waals surface area contributed by atoms with Crippen molar-refractivity contribution in [2.75, 3.05) is 58.9 Å². The quantitative estimate of drug-likeness (QED) is 0.559. The smallest absolute Gasteiger partial charge is 0.191 e. The number of hydrogen-bond donors (Lipinski definition) is 2. The predicted octanol–water partition coefficient (Wildman–Crippen LogP) is 1.42. The van der Waals surface area contributed by atoms with E-state index >= 15 is 0 Å². The van der Waals surface area contributed by atoms with Crippen molar-refractivity contribution in [2.45, 2.75) is 20.3 Å². The zero-order valence-corrected chi connectivity index (χ0v) is 15.3. The summed E-state index contributed by atoms with van der Waals surface area (Å²) >= 11 is 0. The zero-order valence-electron chi connectivity index (χ0n) is 15.3. The summed E-state index contributed by atoms with van der Waals surface area (Å²) in [6, 6.07) is 10.6. The van der Waals surface area contributed by atoms with Gasteiger partial charge in [0.1, 0.15) is 0 Å². The Morgan fingerprint density at radius 2 is 1.71 bits per heavy atom. The van der Waals surface area contributed by atoms with Crippen LogP contribution in [0.3, 0.4) is 0 Å². The van der Waals surface area contributed by atoms with E-state index in [4.69, 9.17) is 4.99 Å². The Balaban J connectivity index is 1.68. The van der Waals surface area contributed by atoms with Gasteiger partial charge in [-0.2, -0.15) is 0 Å². The maximum absolute atomic E-state index is 4.72. The van der Waals surface area contributed by atoms with Gasteiger partial charge in [-0.05, 0) is 25.5 Å². The first-order valence-electron chi connectivity index (χ1n) is 9.32. The maximum Gasteiger partial charge on any atom is 0.191 e. The Morgan fingerprint density at radius 1 is 1.00 bits per heavy atom. The molecule has 0 spiro atoms. The van der Waals surface area contributed by atoms with Gasteiger partial charge >= 0.3 is 0 Å². The van der Waals surface area contributed by atoms with Crippen LogP contribution in [-0.2, 0) is 6.42 Å². The van der Waals surface area contributed by atoms with Crippen LogP contribution in [-0.4, -0.2) is 74.7 Å². The molecule has 1 aromatic carbocycles. The lowest BCUT2D eigenvalue weighted by Gasteiger charge is -2.33. The van der Waals surface area contributed by atoms with Gasteiger partial charge in [0.2, 0.25) is 0 Å². The topological polar surface area (TPSA) is 42.9 Å². The average Bonchev–Trinajstić information content (AvgIpc) is 2.63. The molecule has 0 bridgehead atoms. The first-order chi connectivity index (χ1) is 11.8. The fourth-order valence-corrected chi connectivity index (χ4v) is 2.94. The number of guanidine groups is 1. The molecule has 1 aliphatic rings. The molecule has 1 aliphatic heterocycles. The van der Waals surface area contributed by atoms with E-state index in [1.165, 1.54) is 38.3 Å². The van der Waals surface area contributed by atoms with E-state index in [1.54, 1.807) is 0 Å². The number of hydrogen-bond acceptors (Lipinski definition) is 3. The van der Waals surface area contributed by atoms with Gasteiger partial charge in [-0.3, -0.25) is 9.89 Å². The molecule has 0 atom stereocenters. The molecule has 1 heterocycles. The molecule has 0 saturated carbocycles. The minimum atomic E-state index is 0.854. The van der Waals surface area contributed by atoms with Crippen LogP contribution in [0.2, 0.25) is 0 Å². The van der Waals surface area contributed by atoms with Gasteiger partial charge < -0.3 is 15.5 Å². The number of nitrogens with zero attached hydrogens (tertiary/aromatic N) is 3. The van der Waals surface area contributed by atoms with Crippen LogP contribution in [0.15, 0.2) is 35.3 Å². The van der Waals surface area contributed by atoms with Crippen molar-refractivity contribution in [1.29, 1.82) is 0 Å². The third-order valence-corrected chi connectivity index (χ3v) is 4.49. The molecule has 5 heteroatoms. The Bertz CT molecular complexity index is 466. The van der Waals surface area contributed by atoms with Crippen molar-refractivity contribution < 1.29 is 0 Å². The van der Waals surface area contributed by atoms with E-state index in [1.807, 2.05) is 0 Å². The zero-order chi connectivity index (χ0) is 17.0. The molecular formula is C19H33N5. The summed E-state index contributed by atoms with van der Waals surface area (Å²) in [6.07, 6.45) is 1.02. The fourth-order valence-electron chi connectivity index (χ4n) is 2.94. The molecule has 1 saturated heterocycles. The number of aliphatic imine (C=N–C) groups is 1. The first kappa shape index (κ1) is 18.7. The molecule has 5 nitrogen and oxygen atoms in total. The standard InChI is InChI=1S/C19H33N5/c1-3-20-19(21-11-10-18-8-6-5-7-9-18)22-12-13-24-16-14-23(4-2)15-17-24/h5-9H,3-4,10-17H2,1-2H3,(H2,20,21,22). The second-order valence-electron chi connectivity index (χ2n) is 6.20. The molecule has 24 heavy (non-hydrogen) atoms. The summed E-state index contributed by atoms with van der Waals surface area (Å²) in [5.41, 5.74) is 1.36. The van der Waals surface area contributed by atoms with Crippen LogP contribution >= 0.6 is 0 Å². The van der Waals surface area contributed by atoms with Gasteiger partial charge in [-0.15, -0.1) is 0 Å². The molecule has 0 radical (unpaired) electrons. The Labute approximate surface area is 147 Å². The normalized spacial score (nSPS) is 17.0. The van der Waals surface area contributed by atoms with E-state index in [0.29, 0.717) is 0 Å². The van der Waals surface area contributed by atoms with Crippen LogP contribution in [0.4, 0.5) is 0 Å². The van der Waals surface area contributed by atoms with Crippen molar-refractivity contribution >= 4 is 5.96 Å². The summed E-state index contributed by atoms with van der Waals surface area (Å²) in [4.78, 5) is 9.74. The highest BCUT2D eigenvalue weighted by Crippen LogP contribution is 2.00. The van der Waals surface area contributed by atoms with E-state index < -0.39 is 0 Å². The molecule has 2 N–H and O–H groups in total. The third-order valence-electron chi connectivity index (χ3n) is 4.49. The van der Waals surface area contributed by atoms with Crippen LogP contribution in [0.5, 0.6) is 0 Å². The molecule has 134 valence electrons. The molecule has 1 aromatic rings. The summed E-state index contributed by atoms with van der Waals surface area (Å²) in [7, 11) is 0. The maximum atomic E-state index is 4.72. The van der Waals surface area contributed by atoms with E-state index in [9.17, 15) is 0 Å². The number of benzene rings is 1. The first-order valence-corrected chi connectivity index (χ1v) is 9.32. The highest BCUT2D eigenvalue weighted by atomic mass is 15.3. The summed E-state index contributed by atoms with van der Waals surface area (Å²) in [5, 5.41) is 6.77. The minimum Gasteiger partial charge on any atom is -0.357 e. The lowest BCUT2D eigenvalue weighted by Crippen LogP contribution is -2.47. The lowest BCUT2D eigenvalue weighted by molar-refractivity contribution is 0.140. The Kier molecular flexibility index (Phi) is 8.63. The van der Waals surface area contributed by atoms with Crippen molar-refractivity contribution in [2.24, 2.45) is 4.99 Å². The Morgan fingerprint density at radius 3 is 2.38 bits per heavy atom. The van der Waals surface area contributed by atoms with Crippen molar-refractivity contribution in [3.05, 3.63) is 35.9 Å². The number of nitrogens with one attached hydrogen (secondary N) is 2. The van der Waals surface area contributed by atoms with Gasteiger partial charge in [0.15, 0.2) is 5.96 Å². The second-order valence-corrected chi connectivity index (χ2v) is 6.20. The van der Waals surface area contributed by atoms with Gasteiger partial charge in [0, 0.05) is 45.8 Å². The lowest BCUT2D eigenvalue weighted by atomic mass is 10.1. The van der Waals surface area contributed by atoms with E-state index in [2.05, 4.69) is 64.6 Å². The number of piperazine rings is 1. The van der Waals surface area contributed by atoms with Crippen LogP contribution in [0, 0.1) is 0 Å². The summed E-state index contributed by atoms with van der Waals surface area (Å²) in [6.45, 7) is 13.9. The molecule has 0 aromatic heterocycles. The van der Waals surface area contributed by atoms with Crippen molar-refractivity contribution in [3.8, 4) is 0 Å². The Hall–Kier alpha value is -1.59. The third kappa shape index (κ3) is 6.89. The largest absolute Gasteiger partial charge is 0.357 e. The number of rotatable bonds is 8. The fraction of sp³-hybridized carbons (Fsp3) is 0.632. The summed E-state index contributed by atoms with van der Waals surface area (Å²) in [5.74, 6) is 0.931. The molecule has 0 unspecified atom stereocenters. The summed E-state index contributed by atoms with van der Waals surface area (Å²) < 4.78 is 0. The van der Waals surface area contributed by atoms with Crippen LogP contribution in [0.1, 0.15) is 19.4 Å². The SMILES string of the molecule is CCNC(=NCCN1CCN(CC)CC1)NCCc1ccccc1.